The summed E-state index contributed by atoms with van der Waals surface area (Å²) >= 11 is 0. The summed E-state index contributed by atoms with van der Waals surface area (Å²) in [6.07, 6.45) is 26.9. The molecular weight excluding hydrogens is 384 g/mol. The van der Waals surface area contributed by atoms with Gasteiger partial charge in [-0.2, -0.15) is 0 Å². The molecular formula is C28H52O3. The summed E-state index contributed by atoms with van der Waals surface area (Å²) in [5.41, 5.74) is 0. The van der Waals surface area contributed by atoms with E-state index in [1.54, 1.807) is 0 Å². The number of hydrogen-bond acceptors (Lipinski definition) is 3. The quantitative estimate of drug-likeness (QED) is 0.107. The van der Waals surface area contributed by atoms with Crippen molar-refractivity contribution in [2.45, 2.75) is 142 Å². The van der Waals surface area contributed by atoms with Crippen molar-refractivity contribution in [1.82, 2.24) is 0 Å². The van der Waals surface area contributed by atoms with Gasteiger partial charge >= 0.3 is 0 Å². The SMILES string of the molecule is CCCCCCCC(C=O)CCCCCCCC(C=O)CCCCCCCC(C)C=O. The fourth-order valence-electron chi connectivity index (χ4n) is 4.39. The lowest BCUT2D eigenvalue weighted by Crippen LogP contribution is -2.03. The van der Waals surface area contributed by atoms with Crippen LogP contribution in [-0.2, 0) is 14.4 Å². The molecule has 0 saturated heterocycles. The first-order chi connectivity index (χ1) is 15.2. The van der Waals surface area contributed by atoms with Gasteiger partial charge in [0.2, 0.25) is 0 Å². The molecule has 3 nitrogen and oxygen atoms in total. The molecule has 0 spiro atoms. The highest BCUT2D eigenvalue weighted by molar-refractivity contribution is 5.53. The molecule has 3 atom stereocenters. The van der Waals surface area contributed by atoms with E-state index in [4.69, 9.17) is 0 Å². The van der Waals surface area contributed by atoms with Crippen LogP contribution in [0.1, 0.15) is 142 Å². The van der Waals surface area contributed by atoms with E-state index >= 15 is 0 Å². The van der Waals surface area contributed by atoms with Crippen LogP contribution in [0.3, 0.4) is 0 Å². The van der Waals surface area contributed by atoms with Crippen LogP contribution in [-0.4, -0.2) is 18.9 Å². The van der Waals surface area contributed by atoms with Gasteiger partial charge in [-0.05, 0) is 32.1 Å². The lowest BCUT2D eigenvalue weighted by molar-refractivity contribution is -0.112. The second-order valence-electron chi connectivity index (χ2n) is 9.80. The van der Waals surface area contributed by atoms with E-state index in [9.17, 15) is 14.4 Å². The monoisotopic (exact) mass is 436 g/mol. The van der Waals surface area contributed by atoms with Crippen LogP contribution in [0.2, 0.25) is 0 Å². The van der Waals surface area contributed by atoms with Crippen molar-refractivity contribution in [2.75, 3.05) is 0 Å². The zero-order valence-electron chi connectivity index (χ0n) is 20.8. The van der Waals surface area contributed by atoms with Gasteiger partial charge in [-0.15, -0.1) is 0 Å². The standard InChI is InChI=1S/C28H52O3/c1-3-4-5-8-14-19-27(24-30)21-16-11-7-12-17-22-28(25-31)20-15-10-6-9-13-18-26(2)23-29/h23-28H,3-22H2,1-2H3. The maximum atomic E-state index is 11.3. The Morgan fingerprint density at radius 2 is 0.774 bits per heavy atom. The first-order valence-electron chi connectivity index (χ1n) is 13.5. The Balaban J connectivity index is 3.54. The molecule has 0 aliphatic heterocycles. The molecule has 31 heavy (non-hydrogen) atoms. The number of aldehydes is 3. The van der Waals surface area contributed by atoms with Crippen LogP contribution >= 0.6 is 0 Å². The van der Waals surface area contributed by atoms with E-state index in [-0.39, 0.29) is 17.8 Å². The summed E-state index contributed by atoms with van der Waals surface area (Å²) in [6.45, 7) is 4.22. The van der Waals surface area contributed by atoms with Gasteiger partial charge < -0.3 is 14.4 Å². The van der Waals surface area contributed by atoms with Crippen LogP contribution in [0, 0.1) is 17.8 Å². The minimum Gasteiger partial charge on any atom is -0.303 e. The zero-order valence-corrected chi connectivity index (χ0v) is 20.8. The van der Waals surface area contributed by atoms with Crippen molar-refractivity contribution >= 4 is 18.9 Å². The second kappa shape index (κ2) is 23.7. The Bertz CT molecular complexity index is 407. The van der Waals surface area contributed by atoms with Gasteiger partial charge in [0, 0.05) is 17.8 Å². The molecule has 0 aromatic carbocycles. The predicted octanol–water partition coefficient (Wildman–Crippen LogP) is 8.27. The van der Waals surface area contributed by atoms with Crippen LogP contribution in [0.5, 0.6) is 0 Å². The van der Waals surface area contributed by atoms with Gasteiger partial charge in [-0.25, -0.2) is 0 Å². The molecule has 182 valence electrons. The minimum absolute atomic E-state index is 0.200. The molecule has 0 heterocycles. The van der Waals surface area contributed by atoms with Crippen molar-refractivity contribution in [1.29, 1.82) is 0 Å². The fourth-order valence-corrected chi connectivity index (χ4v) is 4.39. The van der Waals surface area contributed by atoms with Gasteiger partial charge in [0.15, 0.2) is 0 Å². The van der Waals surface area contributed by atoms with Crippen LogP contribution in [0.15, 0.2) is 0 Å². The minimum atomic E-state index is 0.200. The number of carbonyl (C=O) groups is 3. The predicted molar refractivity (Wildman–Crippen MR) is 132 cm³/mol. The summed E-state index contributed by atoms with van der Waals surface area (Å²) in [6, 6.07) is 0. The molecule has 0 radical (unpaired) electrons. The number of unbranched alkanes of at least 4 members (excludes halogenated alkanes) is 12. The van der Waals surface area contributed by atoms with Crippen molar-refractivity contribution in [3.63, 3.8) is 0 Å². The third-order valence-corrected chi connectivity index (χ3v) is 6.68. The van der Waals surface area contributed by atoms with E-state index in [1.165, 1.54) is 89.6 Å². The lowest BCUT2D eigenvalue weighted by atomic mass is 9.94. The molecule has 0 rings (SSSR count). The summed E-state index contributed by atoms with van der Waals surface area (Å²) in [5, 5.41) is 0. The van der Waals surface area contributed by atoms with Crippen LogP contribution in [0.4, 0.5) is 0 Å². The van der Waals surface area contributed by atoms with Crippen LogP contribution in [0.25, 0.3) is 0 Å². The van der Waals surface area contributed by atoms with Gasteiger partial charge in [0.05, 0.1) is 0 Å². The Morgan fingerprint density at radius 1 is 0.452 bits per heavy atom. The molecule has 0 aliphatic carbocycles. The highest BCUT2D eigenvalue weighted by Gasteiger charge is 2.08. The maximum Gasteiger partial charge on any atom is 0.123 e. The normalized spacial score (nSPS) is 14.1. The number of rotatable bonds is 25. The van der Waals surface area contributed by atoms with E-state index < -0.39 is 0 Å². The number of hydrogen-bond donors (Lipinski definition) is 0. The first kappa shape index (κ1) is 30.0. The number of carbonyl (C=O) groups excluding carboxylic acids is 3. The van der Waals surface area contributed by atoms with Gasteiger partial charge in [-0.3, -0.25) is 0 Å². The fraction of sp³-hybridized carbons (Fsp3) is 0.893. The third kappa shape index (κ3) is 20.7. The van der Waals surface area contributed by atoms with Gasteiger partial charge in [0.25, 0.3) is 0 Å². The molecule has 0 bridgehead atoms. The highest BCUT2D eigenvalue weighted by atomic mass is 16.1. The molecule has 3 unspecified atom stereocenters. The summed E-state index contributed by atoms with van der Waals surface area (Å²) in [7, 11) is 0. The third-order valence-electron chi connectivity index (χ3n) is 6.68. The molecule has 3 heteroatoms. The smallest absolute Gasteiger partial charge is 0.123 e. The summed E-state index contributed by atoms with van der Waals surface area (Å²) in [4.78, 5) is 33.2. The van der Waals surface area contributed by atoms with Gasteiger partial charge in [-0.1, -0.05) is 110 Å². The summed E-state index contributed by atoms with van der Waals surface area (Å²) in [5.74, 6) is 0.711. The van der Waals surface area contributed by atoms with E-state index in [2.05, 4.69) is 6.92 Å². The Hall–Kier alpha value is -0.990. The average Bonchev–Trinajstić information content (AvgIpc) is 2.79. The van der Waals surface area contributed by atoms with Crippen molar-refractivity contribution in [3.05, 3.63) is 0 Å². The Kier molecular flexibility index (Phi) is 22.9. The highest BCUT2D eigenvalue weighted by Crippen LogP contribution is 2.20. The largest absolute Gasteiger partial charge is 0.303 e. The summed E-state index contributed by atoms with van der Waals surface area (Å²) < 4.78 is 0. The molecule has 0 aromatic rings. The first-order valence-corrected chi connectivity index (χ1v) is 13.5. The van der Waals surface area contributed by atoms with E-state index in [0.717, 1.165) is 57.7 Å². The Labute approximate surface area is 193 Å². The lowest BCUT2D eigenvalue weighted by Gasteiger charge is -2.11. The zero-order chi connectivity index (χ0) is 23.0. The molecule has 0 fully saturated rings. The topological polar surface area (TPSA) is 51.2 Å². The maximum absolute atomic E-state index is 11.3. The molecule has 0 N–H and O–H groups in total. The van der Waals surface area contributed by atoms with Gasteiger partial charge in [0.1, 0.15) is 18.9 Å². The van der Waals surface area contributed by atoms with Crippen molar-refractivity contribution in [3.8, 4) is 0 Å². The average molecular weight is 437 g/mol. The van der Waals surface area contributed by atoms with E-state index in [1.807, 2.05) is 6.92 Å². The second-order valence-corrected chi connectivity index (χ2v) is 9.80. The molecule has 0 aromatic heterocycles. The van der Waals surface area contributed by atoms with Crippen molar-refractivity contribution < 1.29 is 14.4 Å². The Morgan fingerprint density at radius 3 is 1.10 bits per heavy atom. The molecule has 0 amide bonds. The van der Waals surface area contributed by atoms with E-state index in [0.29, 0.717) is 0 Å². The van der Waals surface area contributed by atoms with Crippen LogP contribution < -0.4 is 0 Å². The van der Waals surface area contributed by atoms with Crippen molar-refractivity contribution in [2.24, 2.45) is 17.8 Å². The molecule has 0 saturated carbocycles. The molecule has 0 aliphatic rings.